The van der Waals surface area contributed by atoms with Crippen molar-refractivity contribution in [3.05, 3.63) is 51.8 Å². The Balaban J connectivity index is 1.90. The molecule has 0 spiro atoms. The summed E-state index contributed by atoms with van der Waals surface area (Å²) in [5, 5.41) is 0. The summed E-state index contributed by atoms with van der Waals surface area (Å²) in [4.78, 5) is 14.6. The van der Waals surface area contributed by atoms with E-state index in [0.29, 0.717) is 35.7 Å². The van der Waals surface area contributed by atoms with Gasteiger partial charge in [0, 0.05) is 13.1 Å². The summed E-state index contributed by atoms with van der Waals surface area (Å²) in [5.74, 6) is -0.270. The lowest BCUT2D eigenvalue weighted by molar-refractivity contribution is -0.137. The lowest BCUT2D eigenvalue weighted by Gasteiger charge is -2.30. The van der Waals surface area contributed by atoms with Crippen LogP contribution in [0.5, 0.6) is 0 Å². The molecule has 1 aromatic carbocycles. The quantitative estimate of drug-likeness (QED) is 0.767. The van der Waals surface area contributed by atoms with Gasteiger partial charge in [0.15, 0.2) is 0 Å². The molecule has 0 aliphatic carbocycles. The Kier molecular flexibility index (Phi) is 5.90. The fourth-order valence-corrected chi connectivity index (χ4v) is 5.73. The van der Waals surface area contributed by atoms with E-state index in [2.05, 4.69) is 20.7 Å². The first-order valence-electron chi connectivity index (χ1n) is 7.66. The lowest BCUT2D eigenvalue weighted by Crippen LogP contribution is -2.47. The van der Waals surface area contributed by atoms with Gasteiger partial charge in [-0.25, -0.2) is 8.42 Å². The molecule has 0 radical (unpaired) electrons. The van der Waals surface area contributed by atoms with Gasteiger partial charge in [0.2, 0.25) is 5.91 Å². The average Bonchev–Trinajstić information content (AvgIpc) is 3.08. The molecule has 1 amide bonds. The van der Waals surface area contributed by atoms with E-state index < -0.39 is 16.1 Å². The van der Waals surface area contributed by atoms with E-state index in [-0.39, 0.29) is 10.1 Å². The van der Waals surface area contributed by atoms with Crippen LogP contribution in [0.3, 0.4) is 0 Å². The first-order valence-corrected chi connectivity index (χ1v) is 10.8. The Morgan fingerprint density at radius 2 is 1.84 bits per heavy atom. The molecule has 0 bridgehead atoms. The van der Waals surface area contributed by atoms with Crippen LogP contribution >= 0.6 is 27.3 Å². The maximum Gasteiger partial charge on any atom is 0.251 e. The molecule has 1 aliphatic rings. The van der Waals surface area contributed by atoms with Crippen LogP contribution in [0.1, 0.15) is 11.6 Å². The number of sulfonamides is 1. The molecule has 1 saturated heterocycles. The Labute approximate surface area is 159 Å². The van der Waals surface area contributed by atoms with E-state index in [4.69, 9.17) is 4.74 Å². The molecule has 134 valence electrons. The SMILES string of the molecule is O=C([C@H](NS(=O)(=O)c1ccc(Br)s1)c1ccccc1)N1CCOCC1. The molecule has 9 heteroatoms. The van der Waals surface area contributed by atoms with Crippen LogP contribution in [0.4, 0.5) is 0 Å². The Hall–Kier alpha value is -1.26. The van der Waals surface area contributed by atoms with Crippen molar-refractivity contribution in [2.24, 2.45) is 0 Å². The van der Waals surface area contributed by atoms with Crippen molar-refractivity contribution >= 4 is 43.2 Å². The Morgan fingerprint density at radius 3 is 2.44 bits per heavy atom. The van der Waals surface area contributed by atoms with E-state index in [1.165, 1.54) is 6.07 Å². The molecule has 1 atom stereocenters. The number of benzene rings is 1. The zero-order valence-corrected chi connectivity index (χ0v) is 16.4. The third kappa shape index (κ3) is 4.48. The fourth-order valence-electron chi connectivity index (χ4n) is 2.53. The fraction of sp³-hybridized carbons (Fsp3) is 0.312. The van der Waals surface area contributed by atoms with Gasteiger partial charge in [-0.1, -0.05) is 30.3 Å². The van der Waals surface area contributed by atoms with E-state index in [0.717, 1.165) is 11.3 Å². The summed E-state index contributed by atoms with van der Waals surface area (Å²) < 4.78 is 34.1. The van der Waals surface area contributed by atoms with Gasteiger partial charge in [0.05, 0.1) is 17.0 Å². The van der Waals surface area contributed by atoms with Crippen LogP contribution in [0.2, 0.25) is 0 Å². The molecule has 6 nitrogen and oxygen atoms in total. The summed E-state index contributed by atoms with van der Waals surface area (Å²) in [6, 6.07) is 11.1. The molecule has 0 unspecified atom stereocenters. The summed E-state index contributed by atoms with van der Waals surface area (Å²) in [5.41, 5.74) is 0.609. The molecular weight excluding hydrogens is 428 g/mol. The van der Waals surface area contributed by atoms with Crippen molar-refractivity contribution in [1.82, 2.24) is 9.62 Å². The van der Waals surface area contributed by atoms with Gasteiger partial charge in [-0.3, -0.25) is 4.79 Å². The van der Waals surface area contributed by atoms with Crippen molar-refractivity contribution in [1.29, 1.82) is 0 Å². The number of amides is 1. The molecule has 1 aliphatic heterocycles. The predicted octanol–water partition coefficient (Wildman–Crippen LogP) is 2.39. The van der Waals surface area contributed by atoms with Crippen LogP contribution in [0.15, 0.2) is 50.5 Å². The van der Waals surface area contributed by atoms with E-state index in [1.54, 1.807) is 35.2 Å². The summed E-state index contributed by atoms with van der Waals surface area (Å²) in [6.07, 6.45) is 0. The number of nitrogens with one attached hydrogen (secondary N) is 1. The normalized spacial score (nSPS) is 16.6. The summed E-state index contributed by atoms with van der Waals surface area (Å²) in [6.45, 7) is 1.82. The van der Waals surface area contributed by atoms with Crippen LogP contribution in [-0.2, 0) is 19.6 Å². The van der Waals surface area contributed by atoms with E-state index >= 15 is 0 Å². The first-order chi connectivity index (χ1) is 12.0. The molecule has 3 rings (SSSR count). The first kappa shape index (κ1) is 18.5. The Morgan fingerprint density at radius 1 is 1.16 bits per heavy atom. The number of hydrogen-bond donors (Lipinski definition) is 1. The molecule has 1 fully saturated rings. The summed E-state index contributed by atoms with van der Waals surface area (Å²) in [7, 11) is -3.81. The van der Waals surface area contributed by atoms with Crippen molar-refractivity contribution < 1.29 is 17.9 Å². The number of rotatable bonds is 5. The number of carbonyl (C=O) groups is 1. The van der Waals surface area contributed by atoms with Crippen LogP contribution < -0.4 is 4.72 Å². The topological polar surface area (TPSA) is 75.7 Å². The molecule has 1 N–H and O–H groups in total. The monoisotopic (exact) mass is 444 g/mol. The molecule has 2 aromatic rings. The maximum atomic E-state index is 13.0. The largest absolute Gasteiger partial charge is 0.378 e. The number of halogens is 1. The zero-order chi connectivity index (χ0) is 17.9. The average molecular weight is 445 g/mol. The standard InChI is InChI=1S/C16H17BrN2O4S2/c17-13-6-7-14(24-13)25(21,22)18-15(12-4-2-1-3-5-12)16(20)19-8-10-23-11-9-19/h1-7,15,18H,8-11H2/t15-/m1/s1. The number of hydrogen-bond acceptors (Lipinski definition) is 5. The van der Waals surface area contributed by atoms with Crippen LogP contribution in [-0.4, -0.2) is 45.5 Å². The Bertz CT molecular complexity index is 833. The minimum Gasteiger partial charge on any atom is -0.378 e. The van der Waals surface area contributed by atoms with Gasteiger partial charge < -0.3 is 9.64 Å². The number of nitrogens with zero attached hydrogens (tertiary/aromatic N) is 1. The molecule has 0 saturated carbocycles. The van der Waals surface area contributed by atoms with Crippen molar-refractivity contribution in [2.45, 2.75) is 10.3 Å². The van der Waals surface area contributed by atoms with Crippen molar-refractivity contribution in [3.8, 4) is 0 Å². The number of carbonyl (C=O) groups excluding carboxylic acids is 1. The second-order valence-corrected chi connectivity index (χ2v) is 9.87. The van der Waals surface area contributed by atoms with Gasteiger partial charge >= 0.3 is 0 Å². The highest BCUT2D eigenvalue weighted by atomic mass is 79.9. The maximum absolute atomic E-state index is 13.0. The number of morpholine rings is 1. The van der Waals surface area contributed by atoms with Gasteiger partial charge in [0.1, 0.15) is 10.3 Å². The van der Waals surface area contributed by atoms with Crippen LogP contribution in [0, 0.1) is 0 Å². The van der Waals surface area contributed by atoms with Gasteiger partial charge in [-0.05, 0) is 33.6 Å². The second-order valence-electron chi connectivity index (χ2n) is 5.46. The van der Waals surface area contributed by atoms with Crippen LogP contribution in [0.25, 0.3) is 0 Å². The third-order valence-corrected chi connectivity index (χ3v) is 7.33. The summed E-state index contributed by atoms with van der Waals surface area (Å²) >= 11 is 4.36. The minimum atomic E-state index is -3.81. The highest BCUT2D eigenvalue weighted by Gasteiger charge is 2.31. The third-order valence-electron chi connectivity index (χ3n) is 3.79. The molecule has 25 heavy (non-hydrogen) atoms. The minimum absolute atomic E-state index is 0.162. The molecule has 1 aromatic heterocycles. The van der Waals surface area contributed by atoms with Gasteiger partial charge in [0.25, 0.3) is 10.0 Å². The second kappa shape index (κ2) is 7.96. The lowest BCUT2D eigenvalue weighted by atomic mass is 10.1. The smallest absolute Gasteiger partial charge is 0.251 e. The molecular formula is C16H17BrN2O4S2. The zero-order valence-electron chi connectivity index (χ0n) is 13.2. The van der Waals surface area contributed by atoms with Gasteiger partial charge in [-0.2, -0.15) is 4.72 Å². The number of thiophene rings is 1. The molecule has 2 heterocycles. The van der Waals surface area contributed by atoms with E-state index in [9.17, 15) is 13.2 Å². The highest BCUT2D eigenvalue weighted by molar-refractivity contribution is 9.11. The number of ether oxygens (including phenoxy) is 1. The highest BCUT2D eigenvalue weighted by Crippen LogP contribution is 2.28. The predicted molar refractivity (Wildman–Crippen MR) is 98.9 cm³/mol. The van der Waals surface area contributed by atoms with Gasteiger partial charge in [-0.15, -0.1) is 11.3 Å². The van der Waals surface area contributed by atoms with Crippen molar-refractivity contribution in [3.63, 3.8) is 0 Å². The van der Waals surface area contributed by atoms with E-state index in [1.807, 2.05) is 6.07 Å². The van der Waals surface area contributed by atoms with Crippen molar-refractivity contribution in [2.75, 3.05) is 26.3 Å².